The molecule has 0 fully saturated rings. The van der Waals surface area contributed by atoms with Gasteiger partial charge in [-0.2, -0.15) is 0 Å². The maximum absolute atomic E-state index is 12.1. The fourth-order valence-electron chi connectivity index (χ4n) is 1.40. The van der Waals surface area contributed by atoms with Gasteiger partial charge in [0.2, 0.25) is 0 Å². The van der Waals surface area contributed by atoms with Crippen LogP contribution in [0.25, 0.3) is 0 Å². The van der Waals surface area contributed by atoms with Crippen LogP contribution in [0.3, 0.4) is 0 Å². The minimum Gasteiger partial charge on any atom is -0.341 e. The molecule has 0 aliphatic carbocycles. The summed E-state index contributed by atoms with van der Waals surface area (Å²) in [4.78, 5) is 23.3. The van der Waals surface area contributed by atoms with E-state index < -0.39 is 20.7 Å². The van der Waals surface area contributed by atoms with Crippen LogP contribution in [0.15, 0.2) is 18.2 Å². The number of hydrogen-bond donors (Lipinski definition) is 0. The predicted molar refractivity (Wildman–Crippen MR) is 74.8 cm³/mol. The summed E-state index contributed by atoms with van der Waals surface area (Å²) in [6, 6.07) is 3.52. The zero-order chi connectivity index (χ0) is 15.5. The lowest BCUT2D eigenvalue weighted by Crippen LogP contribution is -2.31. The molecular weight excluding hydrogens is 308 g/mol. The Hall–Kier alpha value is -1.67. The Morgan fingerprint density at radius 2 is 2.05 bits per heavy atom. The lowest BCUT2D eigenvalue weighted by Gasteiger charge is -2.17. The van der Waals surface area contributed by atoms with Crippen molar-refractivity contribution in [2.45, 2.75) is 0 Å². The number of amides is 1. The van der Waals surface area contributed by atoms with Gasteiger partial charge in [-0.1, -0.05) is 11.6 Å². The highest BCUT2D eigenvalue weighted by Crippen LogP contribution is 2.23. The monoisotopic (exact) mass is 320 g/mol. The molecule has 7 nitrogen and oxygen atoms in total. The van der Waals surface area contributed by atoms with Gasteiger partial charge in [-0.05, 0) is 6.07 Å². The van der Waals surface area contributed by atoms with Gasteiger partial charge >= 0.3 is 0 Å². The SMILES string of the molecule is CN(CCS(C)(=O)=O)C(=O)c1cc([N+](=O)[O-])ccc1Cl. The molecule has 0 aliphatic rings. The molecule has 0 unspecified atom stereocenters. The fraction of sp³-hybridized carbons (Fsp3) is 0.364. The molecule has 0 atom stereocenters. The van der Waals surface area contributed by atoms with E-state index in [0.29, 0.717) is 0 Å². The summed E-state index contributed by atoms with van der Waals surface area (Å²) in [7, 11) is -1.80. The molecule has 1 aromatic rings. The zero-order valence-electron chi connectivity index (χ0n) is 10.9. The number of nitro groups is 1. The maximum Gasteiger partial charge on any atom is 0.270 e. The lowest BCUT2D eigenvalue weighted by molar-refractivity contribution is -0.384. The van der Waals surface area contributed by atoms with E-state index >= 15 is 0 Å². The van der Waals surface area contributed by atoms with E-state index in [1.165, 1.54) is 19.2 Å². The van der Waals surface area contributed by atoms with Crippen molar-refractivity contribution in [3.63, 3.8) is 0 Å². The van der Waals surface area contributed by atoms with Crippen molar-refractivity contribution in [2.75, 3.05) is 25.6 Å². The molecule has 0 aliphatic heterocycles. The van der Waals surface area contributed by atoms with Crippen molar-refractivity contribution < 1.29 is 18.1 Å². The van der Waals surface area contributed by atoms with Gasteiger partial charge in [0, 0.05) is 32.0 Å². The highest BCUT2D eigenvalue weighted by atomic mass is 35.5. The van der Waals surface area contributed by atoms with E-state index in [1.807, 2.05) is 0 Å². The lowest BCUT2D eigenvalue weighted by atomic mass is 10.2. The van der Waals surface area contributed by atoms with Crippen molar-refractivity contribution in [1.29, 1.82) is 0 Å². The second kappa shape index (κ2) is 6.19. The number of rotatable bonds is 5. The number of benzene rings is 1. The summed E-state index contributed by atoms with van der Waals surface area (Å²) in [5.74, 6) is -0.760. The van der Waals surface area contributed by atoms with Gasteiger partial charge in [0.05, 0.1) is 21.3 Å². The molecule has 1 amide bonds. The molecule has 0 saturated carbocycles. The molecule has 0 heterocycles. The molecule has 9 heteroatoms. The largest absolute Gasteiger partial charge is 0.341 e. The van der Waals surface area contributed by atoms with Gasteiger partial charge < -0.3 is 4.90 Å². The first-order valence-corrected chi connectivity index (χ1v) is 7.93. The summed E-state index contributed by atoms with van der Waals surface area (Å²) in [6.07, 6.45) is 1.06. The second-order valence-electron chi connectivity index (χ2n) is 4.28. The van der Waals surface area contributed by atoms with Crippen LogP contribution in [-0.2, 0) is 9.84 Å². The number of non-ortho nitro benzene ring substituents is 1. The second-order valence-corrected chi connectivity index (χ2v) is 6.94. The van der Waals surface area contributed by atoms with Crippen LogP contribution in [0.1, 0.15) is 10.4 Å². The molecule has 20 heavy (non-hydrogen) atoms. The molecule has 0 saturated heterocycles. The zero-order valence-corrected chi connectivity index (χ0v) is 12.4. The average molecular weight is 321 g/mol. The Labute approximate surface area is 121 Å². The number of sulfone groups is 1. The third kappa shape index (κ3) is 4.46. The normalized spacial score (nSPS) is 11.2. The molecule has 0 radical (unpaired) electrons. The summed E-state index contributed by atoms with van der Waals surface area (Å²) < 4.78 is 22.1. The van der Waals surface area contributed by atoms with Gasteiger partial charge in [-0.25, -0.2) is 8.42 Å². The van der Waals surface area contributed by atoms with E-state index in [1.54, 1.807) is 0 Å². The van der Waals surface area contributed by atoms with Crippen molar-refractivity contribution in [3.05, 3.63) is 38.9 Å². The first-order chi connectivity index (χ1) is 9.11. The Kier molecular flexibility index (Phi) is 5.07. The minimum atomic E-state index is -3.20. The van der Waals surface area contributed by atoms with E-state index in [2.05, 4.69) is 0 Å². The minimum absolute atomic E-state index is 0.0172. The van der Waals surface area contributed by atoms with Crippen molar-refractivity contribution in [2.24, 2.45) is 0 Å². The first-order valence-electron chi connectivity index (χ1n) is 5.49. The third-order valence-corrected chi connectivity index (χ3v) is 3.79. The van der Waals surface area contributed by atoms with Gasteiger partial charge in [0.15, 0.2) is 0 Å². The van der Waals surface area contributed by atoms with Crippen molar-refractivity contribution in [1.82, 2.24) is 4.90 Å². The summed E-state index contributed by atoms with van der Waals surface area (Å²) in [6.45, 7) is -0.0172. The predicted octanol–water partition coefficient (Wildman–Crippen LogP) is 1.36. The highest BCUT2D eigenvalue weighted by Gasteiger charge is 2.19. The van der Waals surface area contributed by atoms with Gasteiger partial charge in [0.1, 0.15) is 9.84 Å². The Balaban J connectivity index is 2.96. The standard InChI is InChI=1S/C11H13ClN2O5S/c1-13(5-6-20(2,18)19)11(15)9-7-8(14(16)17)3-4-10(9)12/h3-4,7H,5-6H2,1-2H3. The summed E-state index contributed by atoms with van der Waals surface area (Å²) in [5, 5.41) is 10.7. The smallest absolute Gasteiger partial charge is 0.270 e. The van der Waals surface area contributed by atoms with Crippen molar-refractivity contribution >= 4 is 33.0 Å². The van der Waals surface area contributed by atoms with Crippen molar-refractivity contribution in [3.8, 4) is 0 Å². The molecule has 110 valence electrons. The average Bonchev–Trinajstić information content (AvgIpc) is 2.34. The van der Waals surface area contributed by atoms with Gasteiger partial charge in [0.25, 0.3) is 11.6 Å². The Morgan fingerprint density at radius 1 is 1.45 bits per heavy atom. The third-order valence-electron chi connectivity index (χ3n) is 2.54. The maximum atomic E-state index is 12.1. The molecule has 1 aromatic carbocycles. The van der Waals surface area contributed by atoms with Crippen LogP contribution in [-0.4, -0.2) is 49.7 Å². The number of carbonyl (C=O) groups is 1. The van der Waals surface area contributed by atoms with Crippen LogP contribution in [0, 0.1) is 10.1 Å². The van der Waals surface area contributed by atoms with Crippen LogP contribution < -0.4 is 0 Å². The number of nitrogens with zero attached hydrogens (tertiary/aromatic N) is 2. The Bertz CT molecular complexity index is 644. The fourth-order valence-corrected chi connectivity index (χ4v) is 2.20. The van der Waals surface area contributed by atoms with E-state index in [9.17, 15) is 23.3 Å². The molecule has 0 spiro atoms. The van der Waals surface area contributed by atoms with Crippen LogP contribution in [0.4, 0.5) is 5.69 Å². The quantitative estimate of drug-likeness (QED) is 0.602. The molecule has 0 aromatic heterocycles. The number of carbonyl (C=O) groups excluding carboxylic acids is 1. The van der Waals surface area contributed by atoms with Gasteiger partial charge in [-0.15, -0.1) is 0 Å². The summed E-state index contributed by atoms with van der Waals surface area (Å²) in [5.41, 5.74) is -0.286. The Morgan fingerprint density at radius 3 is 2.55 bits per heavy atom. The van der Waals surface area contributed by atoms with E-state index in [4.69, 9.17) is 11.6 Å². The van der Waals surface area contributed by atoms with E-state index in [-0.39, 0.29) is 28.6 Å². The van der Waals surface area contributed by atoms with Crippen LogP contribution >= 0.6 is 11.6 Å². The molecule has 0 bridgehead atoms. The molecule has 1 rings (SSSR count). The number of halogens is 1. The molecular formula is C11H13ClN2O5S. The number of nitro benzene ring substituents is 1. The molecule has 0 N–H and O–H groups in total. The topological polar surface area (TPSA) is 97.6 Å². The number of hydrogen-bond acceptors (Lipinski definition) is 5. The highest BCUT2D eigenvalue weighted by molar-refractivity contribution is 7.90. The van der Waals surface area contributed by atoms with Crippen LogP contribution in [0.2, 0.25) is 5.02 Å². The van der Waals surface area contributed by atoms with Crippen LogP contribution in [0.5, 0.6) is 0 Å². The van der Waals surface area contributed by atoms with Gasteiger partial charge in [-0.3, -0.25) is 14.9 Å². The van der Waals surface area contributed by atoms with E-state index in [0.717, 1.165) is 17.2 Å². The first kappa shape index (κ1) is 16.4. The summed E-state index contributed by atoms with van der Waals surface area (Å²) >= 11 is 5.84.